The largest absolute Gasteiger partial charge is 0.322 e. The second kappa shape index (κ2) is 6.48. The molecule has 1 atom stereocenters. The molecule has 0 spiro atoms. The predicted octanol–water partition coefficient (Wildman–Crippen LogP) is 4.80. The van der Waals surface area contributed by atoms with Crippen molar-refractivity contribution in [1.29, 1.82) is 0 Å². The summed E-state index contributed by atoms with van der Waals surface area (Å²) in [5.41, 5.74) is 6.43. The van der Waals surface area contributed by atoms with E-state index in [1.54, 1.807) is 6.92 Å². The summed E-state index contributed by atoms with van der Waals surface area (Å²) < 4.78 is 2.12. The topological polar surface area (TPSA) is 40.8 Å². The molecule has 2 aliphatic heterocycles. The lowest BCUT2D eigenvalue weighted by Gasteiger charge is -2.36. The highest BCUT2D eigenvalue weighted by Gasteiger charge is 2.43. The third-order valence-electron chi connectivity index (χ3n) is 5.46. The molecule has 0 amide bonds. The fraction of sp³-hybridized carbons (Fsp3) is 0.167. The van der Waals surface area contributed by atoms with E-state index in [2.05, 4.69) is 84.1 Å². The fourth-order valence-electron chi connectivity index (χ4n) is 3.95. The number of rotatable bonds is 3. The number of aryl methyl sites for hydroxylation is 2. The summed E-state index contributed by atoms with van der Waals surface area (Å²) in [5, 5.41) is 6.72. The average molecular weight is 382 g/mol. The van der Waals surface area contributed by atoms with E-state index in [9.17, 15) is 4.79 Å². The molecule has 0 fully saturated rings. The molecule has 5 nitrogen and oxygen atoms in total. The highest BCUT2D eigenvalue weighted by Crippen LogP contribution is 2.43. The number of ketones is 1. The number of hydrazone groups is 1. The molecular formula is C24H22N4O. The average Bonchev–Trinajstić information content (AvgIpc) is 3.33. The van der Waals surface area contributed by atoms with Crippen LogP contribution in [0.1, 0.15) is 35.5 Å². The molecule has 3 heterocycles. The smallest absolute Gasteiger partial charge is 0.198 e. The van der Waals surface area contributed by atoms with Crippen LogP contribution in [0.15, 0.2) is 72.0 Å². The first-order chi connectivity index (χ1) is 14.0. The Balaban J connectivity index is 1.70. The summed E-state index contributed by atoms with van der Waals surface area (Å²) >= 11 is 0. The van der Waals surface area contributed by atoms with Crippen molar-refractivity contribution < 1.29 is 4.79 Å². The van der Waals surface area contributed by atoms with Gasteiger partial charge in [0.05, 0.1) is 17.1 Å². The van der Waals surface area contributed by atoms with E-state index >= 15 is 0 Å². The molecule has 0 radical (unpaired) electrons. The van der Waals surface area contributed by atoms with Crippen molar-refractivity contribution >= 4 is 29.2 Å². The SMILES string of the molecule is CC(=O)C1=NN(c2ccc(C)cc2)C2c3cccn3C=C(c3ccc(C)cc3)N12. The number of carbonyl (C=O) groups excluding carboxylic acids is 1. The van der Waals surface area contributed by atoms with Crippen LogP contribution < -0.4 is 5.01 Å². The van der Waals surface area contributed by atoms with E-state index in [1.807, 2.05) is 17.3 Å². The minimum Gasteiger partial charge on any atom is -0.322 e. The quantitative estimate of drug-likeness (QED) is 0.653. The number of fused-ring (bicyclic) bond motifs is 3. The summed E-state index contributed by atoms with van der Waals surface area (Å²) in [7, 11) is 0. The number of anilines is 1. The van der Waals surface area contributed by atoms with E-state index in [1.165, 1.54) is 11.1 Å². The van der Waals surface area contributed by atoms with Gasteiger partial charge in [-0.1, -0.05) is 47.5 Å². The van der Waals surface area contributed by atoms with Crippen molar-refractivity contribution in [3.8, 4) is 0 Å². The molecule has 0 saturated heterocycles. The van der Waals surface area contributed by atoms with Crippen LogP contribution in [0.5, 0.6) is 0 Å². The molecule has 3 aromatic rings. The van der Waals surface area contributed by atoms with Gasteiger partial charge in [0.25, 0.3) is 0 Å². The van der Waals surface area contributed by atoms with Gasteiger partial charge in [0.2, 0.25) is 0 Å². The Morgan fingerprint density at radius 2 is 1.59 bits per heavy atom. The van der Waals surface area contributed by atoms with Crippen molar-refractivity contribution in [3.63, 3.8) is 0 Å². The first kappa shape index (κ1) is 17.5. The second-order valence-corrected chi connectivity index (χ2v) is 7.62. The molecule has 2 aliphatic rings. The highest BCUT2D eigenvalue weighted by atomic mass is 16.1. The number of hydrogen-bond acceptors (Lipinski definition) is 4. The van der Waals surface area contributed by atoms with Crippen molar-refractivity contribution in [3.05, 3.63) is 89.2 Å². The molecule has 144 valence electrons. The standard InChI is InChI=1S/C24H22N4O/c1-16-6-10-19(11-7-16)22-15-26-14-4-5-21(26)24-27(22)23(18(3)29)25-28(24)20-12-8-17(2)9-13-20/h4-15,24H,1-3H3. The summed E-state index contributed by atoms with van der Waals surface area (Å²) in [4.78, 5) is 14.6. The maximum absolute atomic E-state index is 12.6. The number of aromatic nitrogens is 1. The minimum absolute atomic E-state index is 0.0531. The normalized spacial score (nSPS) is 17.6. The third kappa shape index (κ3) is 2.78. The van der Waals surface area contributed by atoms with Gasteiger partial charge in [-0.25, -0.2) is 5.01 Å². The number of amidine groups is 1. The molecule has 0 bridgehead atoms. The van der Waals surface area contributed by atoms with Gasteiger partial charge in [0.15, 0.2) is 17.8 Å². The van der Waals surface area contributed by atoms with Crippen molar-refractivity contribution in [2.24, 2.45) is 5.10 Å². The van der Waals surface area contributed by atoms with Gasteiger partial charge >= 0.3 is 0 Å². The van der Waals surface area contributed by atoms with E-state index in [-0.39, 0.29) is 11.9 Å². The Labute approximate surface area is 170 Å². The molecule has 2 aromatic carbocycles. The molecule has 0 saturated carbocycles. The summed E-state index contributed by atoms with van der Waals surface area (Å²) in [6.07, 6.45) is 3.90. The number of benzene rings is 2. The Morgan fingerprint density at radius 1 is 0.931 bits per heavy atom. The molecular weight excluding hydrogens is 360 g/mol. The zero-order chi connectivity index (χ0) is 20.1. The van der Waals surface area contributed by atoms with Gasteiger partial charge in [-0.05, 0) is 43.7 Å². The van der Waals surface area contributed by atoms with Crippen LogP contribution >= 0.6 is 0 Å². The molecule has 1 aromatic heterocycles. The van der Waals surface area contributed by atoms with Gasteiger partial charge in [-0.3, -0.25) is 9.69 Å². The Hall–Kier alpha value is -3.60. The molecule has 5 rings (SSSR count). The van der Waals surface area contributed by atoms with E-state index < -0.39 is 0 Å². The number of hydrogen-bond donors (Lipinski definition) is 0. The van der Waals surface area contributed by atoms with Crippen molar-refractivity contribution in [2.75, 3.05) is 5.01 Å². The minimum atomic E-state index is -0.215. The van der Waals surface area contributed by atoms with Crippen LogP contribution in [0, 0.1) is 13.8 Å². The monoisotopic (exact) mass is 382 g/mol. The number of nitrogens with zero attached hydrogens (tertiary/aromatic N) is 4. The second-order valence-electron chi connectivity index (χ2n) is 7.62. The zero-order valence-electron chi connectivity index (χ0n) is 16.7. The van der Waals surface area contributed by atoms with Crippen LogP contribution in [-0.2, 0) is 4.79 Å². The molecule has 0 N–H and O–H groups in total. The Morgan fingerprint density at radius 3 is 2.24 bits per heavy atom. The molecule has 5 heteroatoms. The maximum Gasteiger partial charge on any atom is 0.198 e. The van der Waals surface area contributed by atoms with Crippen molar-refractivity contribution in [1.82, 2.24) is 9.47 Å². The van der Waals surface area contributed by atoms with Crippen LogP contribution in [0.2, 0.25) is 0 Å². The fourth-order valence-corrected chi connectivity index (χ4v) is 3.95. The third-order valence-corrected chi connectivity index (χ3v) is 5.46. The lowest BCUT2D eigenvalue weighted by atomic mass is 10.1. The molecule has 29 heavy (non-hydrogen) atoms. The lowest BCUT2D eigenvalue weighted by molar-refractivity contribution is -0.111. The van der Waals surface area contributed by atoms with E-state index in [0.29, 0.717) is 5.84 Å². The number of Topliss-reactive ketones (excluding diaryl/α,β-unsaturated/α-hetero) is 1. The summed E-state index contributed by atoms with van der Waals surface area (Å²) in [6.45, 7) is 5.71. The van der Waals surface area contributed by atoms with Crippen molar-refractivity contribution in [2.45, 2.75) is 26.9 Å². The molecule has 0 aliphatic carbocycles. The van der Waals surface area contributed by atoms with E-state index in [4.69, 9.17) is 5.10 Å². The van der Waals surface area contributed by atoms with Crippen LogP contribution in [0.25, 0.3) is 11.9 Å². The number of carbonyl (C=O) groups is 1. The Bertz CT molecular complexity index is 1150. The first-order valence-corrected chi connectivity index (χ1v) is 9.73. The summed E-state index contributed by atoms with van der Waals surface area (Å²) in [6, 6.07) is 20.7. The summed E-state index contributed by atoms with van der Waals surface area (Å²) in [5.74, 6) is 0.400. The van der Waals surface area contributed by atoms with Crippen LogP contribution in [-0.4, -0.2) is 21.1 Å². The predicted molar refractivity (Wildman–Crippen MR) is 116 cm³/mol. The maximum atomic E-state index is 12.6. The van der Waals surface area contributed by atoms with Gasteiger partial charge < -0.3 is 4.57 Å². The lowest BCUT2D eigenvalue weighted by Crippen LogP contribution is -2.39. The first-order valence-electron chi connectivity index (χ1n) is 9.73. The van der Waals surface area contributed by atoms with Gasteiger partial charge in [0.1, 0.15) is 0 Å². The van der Waals surface area contributed by atoms with E-state index in [0.717, 1.165) is 22.6 Å². The van der Waals surface area contributed by atoms with Crippen LogP contribution in [0.4, 0.5) is 5.69 Å². The molecule has 1 unspecified atom stereocenters. The zero-order valence-corrected chi connectivity index (χ0v) is 16.7. The van der Waals surface area contributed by atoms with Gasteiger partial charge in [0, 0.05) is 19.3 Å². The van der Waals surface area contributed by atoms with Crippen LogP contribution in [0.3, 0.4) is 0 Å². The van der Waals surface area contributed by atoms with Gasteiger partial charge in [-0.15, -0.1) is 5.10 Å². The Kier molecular flexibility index (Phi) is 3.91. The highest BCUT2D eigenvalue weighted by molar-refractivity contribution is 6.40. The van der Waals surface area contributed by atoms with Gasteiger partial charge in [-0.2, -0.15) is 0 Å².